The standard InChI is InChI=1S/C26H23N3O4/c1-31-23-9-5-8-21(15-23)29-16-20(14-24(29)30)26-27-25(28-33-26)19-10-12-22(13-11-19)32-17-18-6-3-2-4-7-18/h2-13,15,20H,14,16-17H2,1H3. The average molecular weight is 441 g/mol. The minimum absolute atomic E-state index is 0.0212. The van der Waals surface area contributed by atoms with Gasteiger partial charge in [-0.3, -0.25) is 4.79 Å². The minimum atomic E-state index is -0.154. The third-order valence-electron chi connectivity index (χ3n) is 5.64. The van der Waals surface area contributed by atoms with Gasteiger partial charge >= 0.3 is 0 Å². The number of ether oxygens (including phenoxy) is 2. The van der Waals surface area contributed by atoms with Crippen LogP contribution in [0.25, 0.3) is 11.4 Å². The number of carbonyl (C=O) groups excluding carboxylic acids is 1. The highest BCUT2D eigenvalue weighted by molar-refractivity contribution is 5.96. The molecule has 33 heavy (non-hydrogen) atoms. The van der Waals surface area contributed by atoms with Crippen molar-refractivity contribution in [2.45, 2.75) is 18.9 Å². The Morgan fingerprint density at radius 3 is 2.61 bits per heavy atom. The number of amides is 1. The summed E-state index contributed by atoms with van der Waals surface area (Å²) in [6.45, 7) is 0.992. The van der Waals surface area contributed by atoms with Gasteiger partial charge in [-0.1, -0.05) is 41.6 Å². The Kier molecular flexibility index (Phi) is 5.76. The molecule has 4 aromatic rings. The molecule has 0 N–H and O–H groups in total. The molecule has 1 amide bonds. The average Bonchev–Trinajstić information content (AvgIpc) is 3.51. The SMILES string of the molecule is COc1cccc(N2CC(c3nc(-c4ccc(OCc5ccccc5)cc4)no3)CC2=O)c1. The Morgan fingerprint density at radius 2 is 1.82 bits per heavy atom. The van der Waals surface area contributed by atoms with Crippen molar-refractivity contribution in [2.75, 3.05) is 18.6 Å². The molecular weight excluding hydrogens is 418 g/mol. The number of rotatable bonds is 7. The van der Waals surface area contributed by atoms with Crippen LogP contribution in [0.3, 0.4) is 0 Å². The first-order valence-corrected chi connectivity index (χ1v) is 10.7. The van der Waals surface area contributed by atoms with Crippen molar-refractivity contribution in [2.24, 2.45) is 0 Å². The number of hydrogen-bond acceptors (Lipinski definition) is 6. The molecule has 166 valence electrons. The monoisotopic (exact) mass is 441 g/mol. The Balaban J connectivity index is 1.25. The number of methoxy groups -OCH3 is 1. The van der Waals surface area contributed by atoms with Gasteiger partial charge in [0.25, 0.3) is 0 Å². The molecule has 1 aliphatic heterocycles. The number of anilines is 1. The summed E-state index contributed by atoms with van der Waals surface area (Å²) in [5.74, 6) is 2.30. The summed E-state index contributed by atoms with van der Waals surface area (Å²) in [5.41, 5.74) is 2.73. The number of hydrogen-bond donors (Lipinski definition) is 0. The number of aromatic nitrogens is 2. The summed E-state index contributed by atoms with van der Waals surface area (Å²) < 4.78 is 16.6. The maximum atomic E-state index is 12.6. The highest BCUT2D eigenvalue weighted by Crippen LogP contribution is 2.33. The summed E-state index contributed by atoms with van der Waals surface area (Å²) >= 11 is 0. The van der Waals surface area contributed by atoms with Crippen LogP contribution >= 0.6 is 0 Å². The van der Waals surface area contributed by atoms with E-state index in [4.69, 9.17) is 14.0 Å². The molecule has 1 saturated heterocycles. The summed E-state index contributed by atoms with van der Waals surface area (Å²) in [7, 11) is 1.61. The first-order chi connectivity index (χ1) is 16.2. The van der Waals surface area contributed by atoms with E-state index in [-0.39, 0.29) is 11.8 Å². The lowest BCUT2D eigenvalue weighted by molar-refractivity contribution is -0.117. The van der Waals surface area contributed by atoms with Gasteiger partial charge in [0.05, 0.1) is 13.0 Å². The Morgan fingerprint density at radius 1 is 1.00 bits per heavy atom. The van der Waals surface area contributed by atoms with Gasteiger partial charge in [-0.25, -0.2) is 0 Å². The maximum absolute atomic E-state index is 12.6. The van der Waals surface area contributed by atoms with Crippen LogP contribution in [0.4, 0.5) is 5.69 Å². The van der Waals surface area contributed by atoms with E-state index in [0.29, 0.717) is 37.0 Å². The number of nitrogens with zero attached hydrogens (tertiary/aromatic N) is 3. The molecule has 1 aromatic heterocycles. The molecule has 3 aromatic carbocycles. The van der Waals surface area contributed by atoms with E-state index < -0.39 is 0 Å². The molecule has 1 aliphatic rings. The highest BCUT2D eigenvalue weighted by atomic mass is 16.5. The molecule has 7 nitrogen and oxygen atoms in total. The van der Waals surface area contributed by atoms with E-state index in [1.54, 1.807) is 12.0 Å². The predicted octanol–water partition coefficient (Wildman–Crippen LogP) is 4.84. The van der Waals surface area contributed by atoms with Gasteiger partial charge in [-0.15, -0.1) is 0 Å². The maximum Gasteiger partial charge on any atom is 0.232 e. The summed E-state index contributed by atoms with van der Waals surface area (Å²) in [6.07, 6.45) is 0.325. The van der Waals surface area contributed by atoms with Crippen molar-refractivity contribution in [1.29, 1.82) is 0 Å². The van der Waals surface area contributed by atoms with Gasteiger partial charge in [-0.05, 0) is 42.0 Å². The summed E-state index contributed by atoms with van der Waals surface area (Å²) in [6, 6.07) is 25.0. The zero-order valence-electron chi connectivity index (χ0n) is 18.2. The van der Waals surface area contributed by atoms with Crippen LogP contribution in [0.1, 0.15) is 23.8 Å². The number of benzene rings is 3. The molecule has 7 heteroatoms. The molecule has 0 radical (unpaired) electrons. The van der Waals surface area contributed by atoms with Crippen molar-refractivity contribution in [3.8, 4) is 22.9 Å². The summed E-state index contributed by atoms with van der Waals surface area (Å²) in [5, 5.41) is 4.13. The lowest BCUT2D eigenvalue weighted by Gasteiger charge is -2.16. The molecule has 1 unspecified atom stereocenters. The molecular formula is C26H23N3O4. The van der Waals surface area contributed by atoms with Gasteiger partial charge < -0.3 is 18.9 Å². The second-order valence-corrected chi connectivity index (χ2v) is 7.86. The van der Waals surface area contributed by atoms with Gasteiger partial charge in [0.15, 0.2) is 0 Å². The summed E-state index contributed by atoms with van der Waals surface area (Å²) in [4.78, 5) is 18.9. The fraction of sp³-hybridized carbons (Fsp3) is 0.192. The molecule has 5 rings (SSSR count). The second kappa shape index (κ2) is 9.16. The van der Waals surface area contributed by atoms with Crippen LogP contribution in [-0.4, -0.2) is 29.7 Å². The van der Waals surface area contributed by atoms with Gasteiger partial charge in [-0.2, -0.15) is 4.98 Å². The molecule has 1 fully saturated rings. The lowest BCUT2D eigenvalue weighted by Crippen LogP contribution is -2.24. The highest BCUT2D eigenvalue weighted by Gasteiger charge is 2.35. The third-order valence-corrected chi connectivity index (χ3v) is 5.64. The topological polar surface area (TPSA) is 77.7 Å². The van der Waals surface area contributed by atoms with E-state index in [0.717, 1.165) is 22.6 Å². The molecule has 2 heterocycles. The van der Waals surface area contributed by atoms with Crippen molar-refractivity contribution < 1.29 is 18.8 Å². The fourth-order valence-electron chi connectivity index (χ4n) is 3.86. The van der Waals surface area contributed by atoms with Gasteiger partial charge in [0.2, 0.25) is 17.6 Å². The normalized spacial score (nSPS) is 15.6. The first-order valence-electron chi connectivity index (χ1n) is 10.7. The Bertz CT molecular complexity index is 1240. The van der Waals surface area contributed by atoms with Crippen LogP contribution < -0.4 is 14.4 Å². The lowest BCUT2D eigenvalue weighted by atomic mass is 10.1. The van der Waals surface area contributed by atoms with Crippen LogP contribution in [0, 0.1) is 0 Å². The van der Waals surface area contributed by atoms with E-state index in [2.05, 4.69) is 10.1 Å². The number of carbonyl (C=O) groups is 1. The Labute approximate surface area is 191 Å². The van der Waals surface area contributed by atoms with Crippen LogP contribution in [0.15, 0.2) is 83.4 Å². The molecule has 0 aliphatic carbocycles. The van der Waals surface area contributed by atoms with Crippen LogP contribution in [0.5, 0.6) is 11.5 Å². The molecule has 1 atom stereocenters. The minimum Gasteiger partial charge on any atom is -0.497 e. The predicted molar refractivity (Wildman–Crippen MR) is 123 cm³/mol. The zero-order valence-corrected chi connectivity index (χ0v) is 18.2. The van der Waals surface area contributed by atoms with E-state index in [9.17, 15) is 4.79 Å². The fourth-order valence-corrected chi connectivity index (χ4v) is 3.86. The van der Waals surface area contributed by atoms with Crippen LogP contribution in [-0.2, 0) is 11.4 Å². The van der Waals surface area contributed by atoms with Crippen molar-refractivity contribution >= 4 is 11.6 Å². The van der Waals surface area contributed by atoms with Crippen molar-refractivity contribution in [3.05, 3.63) is 90.3 Å². The Hall–Kier alpha value is -4.13. The van der Waals surface area contributed by atoms with E-state index >= 15 is 0 Å². The van der Waals surface area contributed by atoms with Gasteiger partial charge in [0, 0.05) is 30.3 Å². The van der Waals surface area contributed by atoms with E-state index in [1.807, 2.05) is 78.9 Å². The largest absolute Gasteiger partial charge is 0.497 e. The third kappa shape index (κ3) is 4.57. The van der Waals surface area contributed by atoms with E-state index in [1.165, 1.54) is 0 Å². The molecule has 0 bridgehead atoms. The molecule has 0 saturated carbocycles. The second-order valence-electron chi connectivity index (χ2n) is 7.86. The quantitative estimate of drug-likeness (QED) is 0.408. The zero-order chi connectivity index (χ0) is 22.6. The smallest absolute Gasteiger partial charge is 0.232 e. The van der Waals surface area contributed by atoms with Gasteiger partial charge in [0.1, 0.15) is 18.1 Å². The van der Waals surface area contributed by atoms with Crippen molar-refractivity contribution in [1.82, 2.24) is 10.1 Å². The van der Waals surface area contributed by atoms with Crippen molar-refractivity contribution in [3.63, 3.8) is 0 Å². The molecule has 0 spiro atoms. The van der Waals surface area contributed by atoms with Crippen LogP contribution in [0.2, 0.25) is 0 Å². The first kappa shape index (κ1) is 20.8.